The second-order valence-corrected chi connectivity index (χ2v) is 2.97. The molecule has 3 heteroatoms. The Kier molecular flexibility index (Phi) is 1.83. The zero-order chi connectivity index (χ0) is 7.72. The van der Waals surface area contributed by atoms with E-state index in [1.807, 2.05) is 13.8 Å². The smallest absolute Gasteiger partial charge is 0.407 e. The molecule has 0 aromatic carbocycles. The zero-order valence-corrected chi connectivity index (χ0v) is 6.37. The molecule has 0 radical (unpaired) electrons. The number of carbonyl (C=O) groups is 1. The lowest BCUT2D eigenvalue weighted by Crippen LogP contribution is -2.37. The maximum Gasteiger partial charge on any atom is 0.407 e. The third-order valence-electron chi connectivity index (χ3n) is 2.17. The van der Waals surface area contributed by atoms with Crippen molar-refractivity contribution in [1.29, 1.82) is 0 Å². The molecule has 0 spiro atoms. The molecule has 0 saturated carbocycles. The fourth-order valence-corrected chi connectivity index (χ4v) is 1.57. The summed E-state index contributed by atoms with van der Waals surface area (Å²) in [5.74, 6) is 0. The van der Waals surface area contributed by atoms with E-state index >= 15 is 0 Å². The number of nitrogens with zero attached hydrogens (tertiary/aromatic N) is 1. The molecule has 1 aliphatic heterocycles. The van der Waals surface area contributed by atoms with Gasteiger partial charge in [-0.1, -0.05) is 0 Å². The van der Waals surface area contributed by atoms with Crippen LogP contribution in [0.25, 0.3) is 0 Å². The van der Waals surface area contributed by atoms with Crippen LogP contribution in [0.1, 0.15) is 26.7 Å². The van der Waals surface area contributed by atoms with Gasteiger partial charge >= 0.3 is 6.09 Å². The molecule has 1 saturated heterocycles. The number of likely N-dealkylation sites (tertiary alicyclic amines) is 1. The second kappa shape index (κ2) is 2.48. The highest BCUT2D eigenvalue weighted by Crippen LogP contribution is 2.22. The van der Waals surface area contributed by atoms with E-state index < -0.39 is 6.09 Å². The minimum absolute atomic E-state index is 0.215. The van der Waals surface area contributed by atoms with Crippen molar-refractivity contribution < 1.29 is 9.90 Å². The van der Waals surface area contributed by atoms with Gasteiger partial charge in [0, 0.05) is 12.1 Å². The van der Waals surface area contributed by atoms with Crippen molar-refractivity contribution in [2.24, 2.45) is 0 Å². The molecule has 0 aromatic heterocycles. The van der Waals surface area contributed by atoms with Crippen LogP contribution in [0.4, 0.5) is 4.79 Å². The van der Waals surface area contributed by atoms with E-state index in [9.17, 15) is 4.79 Å². The average Bonchev–Trinajstić information content (AvgIpc) is 2.11. The van der Waals surface area contributed by atoms with E-state index in [1.165, 1.54) is 4.90 Å². The molecule has 0 aromatic rings. The summed E-state index contributed by atoms with van der Waals surface area (Å²) in [4.78, 5) is 12.1. The molecule has 0 aliphatic carbocycles. The molecular formula is C7H13NO2. The number of carboxylic acid groups (broad SMARTS) is 1. The molecule has 1 N–H and O–H groups in total. The Balaban J connectivity index is 2.63. The van der Waals surface area contributed by atoms with E-state index in [4.69, 9.17) is 5.11 Å². The highest BCUT2D eigenvalue weighted by atomic mass is 16.4. The molecule has 58 valence electrons. The van der Waals surface area contributed by atoms with Gasteiger partial charge < -0.3 is 10.0 Å². The molecule has 1 aliphatic rings. The highest BCUT2D eigenvalue weighted by Gasteiger charge is 2.30. The molecule has 0 unspecified atom stereocenters. The van der Waals surface area contributed by atoms with Gasteiger partial charge in [-0.3, -0.25) is 0 Å². The van der Waals surface area contributed by atoms with Gasteiger partial charge in [-0.2, -0.15) is 0 Å². The largest absolute Gasteiger partial charge is 0.465 e. The summed E-state index contributed by atoms with van der Waals surface area (Å²) in [5, 5.41) is 8.68. The number of rotatable bonds is 0. The van der Waals surface area contributed by atoms with Crippen molar-refractivity contribution >= 4 is 6.09 Å². The third kappa shape index (κ3) is 1.08. The Hall–Kier alpha value is -0.730. The van der Waals surface area contributed by atoms with Gasteiger partial charge in [-0.05, 0) is 26.7 Å². The van der Waals surface area contributed by atoms with E-state index in [1.54, 1.807) is 0 Å². The standard InChI is InChI=1S/C7H13NO2/c1-5-3-4-6(2)8(5)7(9)10/h5-6H,3-4H2,1-2H3,(H,9,10)/t5-,6-/m0/s1. The Morgan fingerprint density at radius 2 is 1.80 bits per heavy atom. The first-order valence-corrected chi connectivity index (χ1v) is 3.64. The van der Waals surface area contributed by atoms with Crippen molar-refractivity contribution in [1.82, 2.24) is 4.90 Å². The SMILES string of the molecule is C[C@H]1CC[C@H](C)N1C(=O)O. The van der Waals surface area contributed by atoms with Crippen LogP contribution in [0, 0.1) is 0 Å². The van der Waals surface area contributed by atoms with Crippen molar-refractivity contribution in [2.45, 2.75) is 38.8 Å². The Morgan fingerprint density at radius 3 is 2.00 bits per heavy atom. The Labute approximate surface area is 60.6 Å². The molecule has 10 heavy (non-hydrogen) atoms. The molecule has 1 rings (SSSR count). The van der Waals surface area contributed by atoms with Crippen LogP contribution in [-0.4, -0.2) is 28.2 Å². The molecule has 1 heterocycles. The van der Waals surface area contributed by atoms with Crippen LogP contribution < -0.4 is 0 Å². The summed E-state index contributed by atoms with van der Waals surface area (Å²) in [6.07, 6.45) is 1.23. The fourth-order valence-electron chi connectivity index (χ4n) is 1.57. The summed E-state index contributed by atoms with van der Waals surface area (Å²) in [6, 6.07) is 0.431. The van der Waals surface area contributed by atoms with Gasteiger partial charge in [0.1, 0.15) is 0 Å². The van der Waals surface area contributed by atoms with Crippen molar-refractivity contribution in [3.8, 4) is 0 Å². The summed E-state index contributed by atoms with van der Waals surface area (Å²) < 4.78 is 0. The first-order valence-electron chi connectivity index (χ1n) is 3.64. The molecular weight excluding hydrogens is 130 g/mol. The van der Waals surface area contributed by atoms with Gasteiger partial charge in [0.2, 0.25) is 0 Å². The molecule has 3 nitrogen and oxygen atoms in total. The van der Waals surface area contributed by atoms with Gasteiger partial charge in [-0.25, -0.2) is 4.79 Å². The maximum atomic E-state index is 10.5. The van der Waals surface area contributed by atoms with Gasteiger partial charge in [-0.15, -0.1) is 0 Å². The number of amides is 1. The number of hydrogen-bond acceptors (Lipinski definition) is 1. The van der Waals surface area contributed by atoms with E-state index in [0.717, 1.165) is 12.8 Å². The minimum Gasteiger partial charge on any atom is -0.465 e. The van der Waals surface area contributed by atoms with Crippen LogP contribution in [0.5, 0.6) is 0 Å². The van der Waals surface area contributed by atoms with Crippen molar-refractivity contribution in [2.75, 3.05) is 0 Å². The zero-order valence-electron chi connectivity index (χ0n) is 6.37. The van der Waals surface area contributed by atoms with Crippen LogP contribution in [0.3, 0.4) is 0 Å². The van der Waals surface area contributed by atoms with Crippen LogP contribution >= 0.6 is 0 Å². The monoisotopic (exact) mass is 143 g/mol. The lowest BCUT2D eigenvalue weighted by molar-refractivity contribution is 0.129. The maximum absolute atomic E-state index is 10.5. The number of hydrogen-bond donors (Lipinski definition) is 1. The van der Waals surface area contributed by atoms with Crippen LogP contribution in [0.2, 0.25) is 0 Å². The first kappa shape index (κ1) is 7.38. The van der Waals surface area contributed by atoms with Crippen molar-refractivity contribution in [3.05, 3.63) is 0 Å². The van der Waals surface area contributed by atoms with Gasteiger partial charge in [0.15, 0.2) is 0 Å². The molecule has 2 atom stereocenters. The lowest BCUT2D eigenvalue weighted by Gasteiger charge is -2.21. The normalized spacial score (nSPS) is 32.8. The van der Waals surface area contributed by atoms with Crippen molar-refractivity contribution in [3.63, 3.8) is 0 Å². The highest BCUT2D eigenvalue weighted by molar-refractivity contribution is 5.66. The third-order valence-corrected chi connectivity index (χ3v) is 2.17. The predicted molar refractivity (Wildman–Crippen MR) is 38.0 cm³/mol. The topological polar surface area (TPSA) is 40.5 Å². The molecule has 1 fully saturated rings. The average molecular weight is 143 g/mol. The van der Waals surface area contributed by atoms with E-state index in [2.05, 4.69) is 0 Å². The molecule has 1 amide bonds. The van der Waals surface area contributed by atoms with E-state index in [-0.39, 0.29) is 12.1 Å². The Morgan fingerprint density at radius 1 is 1.40 bits per heavy atom. The summed E-state index contributed by atoms with van der Waals surface area (Å²) in [7, 11) is 0. The van der Waals surface area contributed by atoms with E-state index in [0.29, 0.717) is 0 Å². The van der Waals surface area contributed by atoms with Crippen LogP contribution in [-0.2, 0) is 0 Å². The Bertz CT molecular complexity index is 137. The predicted octanol–water partition coefficient (Wildman–Crippen LogP) is 1.54. The quantitative estimate of drug-likeness (QED) is 0.558. The van der Waals surface area contributed by atoms with Crippen LogP contribution in [0.15, 0.2) is 0 Å². The summed E-state index contributed by atoms with van der Waals surface area (Å²) >= 11 is 0. The first-order chi connectivity index (χ1) is 4.63. The second-order valence-electron chi connectivity index (χ2n) is 2.97. The minimum atomic E-state index is -0.780. The molecule has 0 bridgehead atoms. The van der Waals surface area contributed by atoms with Gasteiger partial charge in [0.05, 0.1) is 0 Å². The summed E-state index contributed by atoms with van der Waals surface area (Å²) in [6.45, 7) is 3.91. The summed E-state index contributed by atoms with van der Waals surface area (Å²) in [5.41, 5.74) is 0. The fraction of sp³-hybridized carbons (Fsp3) is 0.857. The van der Waals surface area contributed by atoms with Gasteiger partial charge in [0.25, 0.3) is 0 Å². The lowest BCUT2D eigenvalue weighted by atomic mass is 10.2.